The molecule has 1 aromatic rings. The Morgan fingerprint density at radius 1 is 1.31 bits per heavy atom. The van der Waals surface area contributed by atoms with E-state index in [1.807, 2.05) is 12.1 Å². The van der Waals surface area contributed by atoms with Crippen LogP contribution in [0.3, 0.4) is 0 Å². The lowest BCUT2D eigenvalue weighted by molar-refractivity contribution is 0.105. The van der Waals surface area contributed by atoms with Crippen LogP contribution in [0.4, 0.5) is 5.69 Å². The van der Waals surface area contributed by atoms with Crippen molar-refractivity contribution in [2.75, 3.05) is 18.5 Å². The molecule has 3 N–H and O–H groups in total. The maximum Gasteiger partial charge on any atom is 0.0942 e. The molecule has 0 saturated heterocycles. The van der Waals surface area contributed by atoms with E-state index in [2.05, 4.69) is 5.32 Å². The zero-order chi connectivity index (χ0) is 9.68. The van der Waals surface area contributed by atoms with Gasteiger partial charge in [0.05, 0.1) is 12.7 Å². The van der Waals surface area contributed by atoms with Gasteiger partial charge in [-0.25, -0.2) is 0 Å². The highest BCUT2D eigenvalue weighted by Crippen LogP contribution is 2.12. The first-order chi connectivity index (χ1) is 6.22. The van der Waals surface area contributed by atoms with Crippen LogP contribution in [0.5, 0.6) is 0 Å². The first-order valence-electron chi connectivity index (χ1n) is 4.00. The summed E-state index contributed by atoms with van der Waals surface area (Å²) >= 11 is 5.68. The first kappa shape index (κ1) is 10.3. The predicted molar refractivity (Wildman–Crippen MR) is 53.0 cm³/mol. The lowest BCUT2D eigenvalue weighted by Crippen LogP contribution is -2.22. The largest absolute Gasteiger partial charge is 0.394 e. The van der Waals surface area contributed by atoms with Crippen molar-refractivity contribution in [2.45, 2.75) is 6.10 Å². The van der Waals surface area contributed by atoms with Crippen LogP contribution >= 0.6 is 11.6 Å². The van der Waals surface area contributed by atoms with Gasteiger partial charge in [-0.05, 0) is 24.3 Å². The number of aliphatic hydroxyl groups excluding tert-OH is 2. The van der Waals surface area contributed by atoms with Crippen molar-refractivity contribution in [1.29, 1.82) is 0 Å². The molecule has 0 fully saturated rings. The average molecular weight is 202 g/mol. The molecule has 0 saturated carbocycles. The molecule has 1 atom stereocenters. The Morgan fingerprint density at radius 2 is 1.92 bits per heavy atom. The van der Waals surface area contributed by atoms with Gasteiger partial charge >= 0.3 is 0 Å². The molecular formula is C9H12ClNO2. The van der Waals surface area contributed by atoms with Crippen molar-refractivity contribution < 1.29 is 10.2 Å². The van der Waals surface area contributed by atoms with Crippen LogP contribution in [0.15, 0.2) is 24.3 Å². The fourth-order valence-electron chi connectivity index (χ4n) is 0.868. The van der Waals surface area contributed by atoms with Crippen LogP contribution in [0.25, 0.3) is 0 Å². The van der Waals surface area contributed by atoms with E-state index in [-0.39, 0.29) is 6.61 Å². The van der Waals surface area contributed by atoms with Crippen LogP contribution in [0.1, 0.15) is 0 Å². The smallest absolute Gasteiger partial charge is 0.0942 e. The minimum absolute atomic E-state index is 0.236. The number of aliphatic hydroxyl groups is 2. The molecule has 0 bridgehead atoms. The number of anilines is 1. The van der Waals surface area contributed by atoms with Gasteiger partial charge in [-0.1, -0.05) is 11.6 Å². The van der Waals surface area contributed by atoms with Gasteiger partial charge < -0.3 is 15.5 Å². The second-order valence-electron chi connectivity index (χ2n) is 2.72. The van der Waals surface area contributed by atoms with Crippen molar-refractivity contribution in [3.05, 3.63) is 29.3 Å². The number of hydrogen-bond acceptors (Lipinski definition) is 3. The number of nitrogens with one attached hydrogen (secondary N) is 1. The summed E-state index contributed by atoms with van der Waals surface area (Å²) in [6.45, 7) is 0.0960. The standard InChI is InChI=1S/C9H12ClNO2/c10-7-1-3-8(4-2-7)11-5-9(13)6-12/h1-4,9,11-13H,5-6H2/t9-/m1/s1. The summed E-state index contributed by atoms with van der Waals surface area (Å²) in [6, 6.07) is 7.14. The van der Waals surface area contributed by atoms with Crippen molar-refractivity contribution in [3.63, 3.8) is 0 Å². The van der Waals surface area contributed by atoms with Crippen LogP contribution < -0.4 is 5.32 Å². The first-order valence-corrected chi connectivity index (χ1v) is 4.38. The molecule has 0 aliphatic carbocycles. The number of halogens is 1. The van der Waals surface area contributed by atoms with Crippen molar-refractivity contribution in [1.82, 2.24) is 0 Å². The van der Waals surface area contributed by atoms with Crippen molar-refractivity contribution >= 4 is 17.3 Å². The summed E-state index contributed by atoms with van der Waals surface area (Å²) in [5.41, 5.74) is 0.872. The molecule has 0 spiro atoms. The molecule has 0 radical (unpaired) electrons. The summed E-state index contributed by atoms with van der Waals surface area (Å²) in [5, 5.41) is 21.2. The molecule has 0 aliphatic heterocycles. The molecule has 0 aromatic heterocycles. The summed E-state index contributed by atoms with van der Waals surface area (Å²) in [7, 11) is 0. The van der Waals surface area contributed by atoms with Crippen LogP contribution in [-0.4, -0.2) is 29.5 Å². The molecule has 0 amide bonds. The van der Waals surface area contributed by atoms with E-state index in [1.54, 1.807) is 12.1 Å². The minimum Gasteiger partial charge on any atom is -0.394 e. The zero-order valence-corrected chi connectivity index (χ0v) is 7.83. The Morgan fingerprint density at radius 3 is 2.46 bits per heavy atom. The lowest BCUT2D eigenvalue weighted by Gasteiger charge is -2.09. The summed E-state index contributed by atoms with van der Waals surface area (Å²) in [6.07, 6.45) is -0.726. The molecule has 1 rings (SSSR count). The van der Waals surface area contributed by atoms with Gasteiger partial charge in [0.2, 0.25) is 0 Å². The van der Waals surface area contributed by atoms with Crippen molar-refractivity contribution in [3.8, 4) is 0 Å². The van der Waals surface area contributed by atoms with E-state index in [0.717, 1.165) is 5.69 Å². The maximum atomic E-state index is 9.04. The van der Waals surface area contributed by atoms with Crippen LogP contribution in [0, 0.1) is 0 Å². The number of benzene rings is 1. The highest BCUT2D eigenvalue weighted by Gasteiger charge is 2.00. The van der Waals surface area contributed by atoms with Crippen LogP contribution in [0.2, 0.25) is 5.02 Å². The Balaban J connectivity index is 2.41. The van der Waals surface area contributed by atoms with Gasteiger partial charge in [0.1, 0.15) is 0 Å². The molecule has 0 heterocycles. The van der Waals surface area contributed by atoms with Gasteiger partial charge in [0.15, 0.2) is 0 Å². The zero-order valence-electron chi connectivity index (χ0n) is 7.07. The third-order valence-electron chi connectivity index (χ3n) is 1.60. The summed E-state index contributed by atoms with van der Waals surface area (Å²) in [4.78, 5) is 0. The monoisotopic (exact) mass is 201 g/mol. The highest BCUT2D eigenvalue weighted by atomic mass is 35.5. The molecule has 4 heteroatoms. The summed E-state index contributed by atoms with van der Waals surface area (Å²) < 4.78 is 0. The second-order valence-corrected chi connectivity index (χ2v) is 3.16. The highest BCUT2D eigenvalue weighted by molar-refractivity contribution is 6.30. The van der Waals surface area contributed by atoms with E-state index in [4.69, 9.17) is 21.8 Å². The molecule has 1 aromatic carbocycles. The van der Waals surface area contributed by atoms with Gasteiger partial charge in [0.25, 0.3) is 0 Å². The fourth-order valence-corrected chi connectivity index (χ4v) is 0.994. The van der Waals surface area contributed by atoms with Gasteiger partial charge in [-0.15, -0.1) is 0 Å². The summed E-state index contributed by atoms with van der Waals surface area (Å²) in [5.74, 6) is 0. The molecule has 0 aliphatic rings. The van der Waals surface area contributed by atoms with Crippen LogP contribution in [-0.2, 0) is 0 Å². The van der Waals surface area contributed by atoms with E-state index in [1.165, 1.54) is 0 Å². The fraction of sp³-hybridized carbons (Fsp3) is 0.333. The average Bonchev–Trinajstić information content (AvgIpc) is 2.16. The minimum atomic E-state index is -0.726. The van der Waals surface area contributed by atoms with E-state index < -0.39 is 6.10 Å². The van der Waals surface area contributed by atoms with E-state index >= 15 is 0 Å². The predicted octanol–water partition coefficient (Wildman–Crippen LogP) is 1.11. The third kappa shape index (κ3) is 3.63. The molecule has 72 valence electrons. The van der Waals surface area contributed by atoms with Gasteiger partial charge in [-0.3, -0.25) is 0 Å². The molecule has 13 heavy (non-hydrogen) atoms. The Kier molecular flexibility index (Phi) is 4.02. The topological polar surface area (TPSA) is 52.5 Å². The number of hydrogen-bond donors (Lipinski definition) is 3. The molecule has 0 unspecified atom stereocenters. The van der Waals surface area contributed by atoms with E-state index in [9.17, 15) is 0 Å². The molecular weight excluding hydrogens is 190 g/mol. The Bertz CT molecular complexity index is 250. The SMILES string of the molecule is OC[C@H](O)CNc1ccc(Cl)cc1. The number of rotatable bonds is 4. The Hall–Kier alpha value is -0.770. The normalized spacial score (nSPS) is 12.5. The second kappa shape index (κ2) is 5.07. The molecule has 3 nitrogen and oxygen atoms in total. The quantitative estimate of drug-likeness (QED) is 0.684. The van der Waals surface area contributed by atoms with Gasteiger partial charge in [-0.2, -0.15) is 0 Å². The third-order valence-corrected chi connectivity index (χ3v) is 1.85. The maximum absolute atomic E-state index is 9.04. The van der Waals surface area contributed by atoms with E-state index in [0.29, 0.717) is 11.6 Å². The van der Waals surface area contributed by atoms with Gasteiger partial charge in [0, 0.05) is 17.3 Å². The lowest BCUT2D eigenvalue weighted by atomic mass is 10.3. The Labute approximate surface area is 82.0 Å². The van der Waals surface area contributed by atoms with Crippen molar-refractivity contribution in [2.24, 2.45) is 0 Å².